The normalized spacial score (nSPS) is 16.9. The maximum atomic E-state index is 12.9. The average Bonchev–Trinajstić information content (AvgIpc) is 3.09. The van der Waals surface area contributed by atoms with Gasteiger partial charge < -0.3 is 9.47 Å². The Hall–Kier alpha value is -1.96. The number of aromatic nitrogens is 2. The zero-order valence-electron chi connectivity index (χ0n) is 12.3. The maximum Gasteiger partial charge on any atom is 0.341 e. The highest BCUT2D eigenvalue weighted by Gasteiger charge is 2.31. The molecule has 0 amide bonds. The van der Waals surface area contributed by atoms with Gasteiger partial charge in [-0.05, 0) is 25.0 Å². The smallest absolute Gasteiger partial charge is 0.341 e. The molecule has 0 radical (unpaired) electrons. The van der Waals surface area contributed by atoms with Gasteiger partial charge in [-0.2, -0.15) is 8.78 Å². The molecule has 23 heavy (non-hydrogen) atoms. The van der Waals surface area contributed by atoms with Crippen LogP contribution in [-0.2, 0) is 9.84 Å². The highest BCUT2D eigenvalue weighted by atomic mass is 32.2. The van der Waals surface area contributed by atoms with Gasteiger partial charge in [0.1, 0.15) is 0 Å². The summed E-state index contributed by atoms with van der Waals surface area (Å²) in [6, 6.07) is 6.28. The number of para-hydroxylation sites is 1. The van der Waals surface area contributed by atoms with Crippen LogP contribution in [0.2, 0.25) is 0 Å². The third-order valence-corrected chi connectivity index (χ3v) is 5.59. The molecule has 0 atom stereocenters. The van der Waals surface area contributed by atoms with Crippen molar-refractivity contribution in [2.75, 3.05) is 18.0 Å². The minimum absolute atomic E-state index is 0.295. The number of hydrogen-bond donors (Lipinski definition) is 0. The number of alkyl halides is 2. The van der Waals surface area contributed by atoms with Gasteiger partial charge in [0.15, 0.2) is 0 Å². The molecule has 1 aromatic carbocycles. The van der Waals surface area contributed by atoms with Crippen LogP contribution in [0.3, 0.4) is 0 Å². The van der Waals surface area contributed by atoms with Gasteiger partial charge in [0.2, 0.25) is 9.84 Å². The van der Waals surface area contributed by atoms with Gasteiger partial charge in [-0.1, -0.05) is 12.1 Å². The summed E-state index contributed by atoms with van der Waals surface area (Å²) in [6.45, 7) is 1.22. The Bertz CT molecular complexity index is 755. The monoisotopic (exact) mass is 341 g/mol. The number of anilines is 1. The van der Waals surface area contributed by atoms with Gasteiger partial charge in [0, 0.05) is 31.5 Å². The van der Waals surface area contributed by atoms with Crippen molar-refractivity contribution in [2.24, 2.45) is 0 Å². The molecule has 1 fully saturated rings. The summed E-state index contributed by atoms with van der Waals surface area (Å²) in [5.41, 5.74) is 0.358. The highest BCUT2D eigenvalue weighted by Crippen LogP contribution is 2.32. The van der Waals surface area contributed by atoms with Crippen LogP contribution in [0.1, 0.15) is 18.9 Å². The first kappa shape index (κ1) is 15.9. The fraction of sp³-hybridized carbons (Fsp3) is 0.400. The standard InChI is InChI=1S/C15H17F2N3O2S/c16-15(17)23(21,22)14-4-2-1-3-13(14)19-8-5-12(6-9-19)20-10-7-18-11-20/h1-4,7,10-12,15H,5-6,8-9H2. The van der Waals surface area contributed by atoms with Crippen LogP contribution in [0.4, 0.5) is 14.5 Å². The Morgan fingerprint density at radius 1 is 1.17 bits per heavy atom. The number of nitrogens with zero attached hydrogens (tertiary/aromatic N) is 3. The second-order valence-corrected chi connectivity index (χ2v) is 7.39. The van der Waals surface area contributed by atoms with Crippen molar-refractivity contribution in [3.63, 3.8) is 0 Å². The van der Waals surface area contributed by atoms with Crippen LogP contribution in [-0.4, -0.2) is 36.8 Å². The first-order valence-electron chi connectivity index (χ1n) is 7.33. The van der Waals surface area contributed by atoms with E-state index in [0.717, 1.165) is 12.8 Å². The largest absolute Gasteiger partial charge is 0.370 e. The van der Waals surface area contributed by atoms with Crippen LogP contribution in [0.5, 0.6) is 0 Å². The van der Waals surface area contributed by atoms with Crippen LogP contribution in [0.25, 0.3) is 0 Å². The summed E-state index contributed by atoms with van der Waals surface area (Å²) in [7, 11) is -4.60. The Labute approximate surface area is 133 Å². The Morgan fingerprint density at radius 3 is 2.48 bits per heavy atom. The van der Waals surface area contributed by atoms with Crippen LogP contribution >= 0.6 is 0 Å². The van der Waals surface area contributed by atoms with E-state index in [1.165, 1.54) is 12.1 Å². The van der Waals surface area contributed by atoms with E-state index in [0.29, 0.717) is 24.8 Å². The molecule has 1 saturated heterocycles. The number of rotatable bonds is 4. The lowest BCUT2D eigenvalue weighted by Gasteiger charge is -2.35. The molecule has 0 saturated carbocycles. The quantitative estimate of drug-likeness (QED) is 0.858. The molecule has 2 aromatic rings. The van der Waals surface area contributed by atoms with E-state index in [1.807, 2.05) is 15.7 Å². The SMILES string of the molecule is O=S(=O)(c1ccccc1N1CCC(n2ccnc2)CC1)C(F)F. The van der Waals surface area contributed by atoms with Crippen molar-refractivity contribution < 1.29 is 17.2 Å². The van der Waals surface area contributed by atoms with Gasteiger partial charge in [-0.3, -0.25) is 0 Å². The Morgan fingerprint density at radius 2 is 1.87 bits per heavy atom. The predicted molar refractivity (Wildman–Crippen MR) is 82.3 cm³/mol. The van der Waals surface area contributed by atoms with Crippen molar-refractivity contribution in [3.05, 3.63) is 43.0 Å². The zero-order valence-corrected chi connectivity index (χ0v) is 13.2. The molecule has 1 aromatic heterocycles. The van der Waals surface area contributed by atoms with Gasteiger partial charge in [0.05, 0.1) is 16.9 Å². The predicted octanol–water partition coefficient (Wildman–Crippen LogP) is 2.72. The number of imidazole rings is 1. The minimum atomic E-state index is -4.60. The lowest BCUT2D eigenvalue weighted by atomic mass is 10.0. The molecule has 0 aliphatic carbocycles. The number of piperidine rings is 1. The molecule has 0 spiro atoms. The second-order valence-electron chi connectivity index (χ2n) is 5.50. The lowest BCUT2D eigenvalue weighted by molar-refractivity contribution is 0.234. The number of benzene rings is 1. The van der Waals surface area contributed by atoms with Gasteiger partial charge in [-0.25, -0.2) is 13.4 Å². The summed E-state index contributed by atoms with van der Waals surface area (Å²) in [4.78, 5) is 5.60. The molecular weight excluding hydrogens is 324 g/mol. The van der Waals surface area contributed by atoms with Gasteiger partial charge >= 0.3 is 5.76 Å². The molecule has 0 bridgehead atoms. The molecule has 8 heteroatoms. The molecule has 1 aliphatic heterocycles. The van der Waals surface area contributed by atoms with E-state index >= 15 is 0 Å². The highest BCUT2D eigenvalue weighted by molar-refractivity contribution is 7.91. The van der Waals surface area contributed by atoms with Crippen LogP contribution in [0.15, 0.2) is 47.9 Å². The van der Waals surface area contributed by atoms with E-state index in [2.05, 4.69) is 4.98 Å². The summed E-state index contributed by atoms with van der Waals surface area (Å²) in [5, 5.41) is 0. The number of halogens is 2. The molecule has 0 unspecified atom stereocenters. The summed E-state index contributed by atoms with van der Waals surface area (Å²) >= 11 is 0. The van der Waals surface area contributed by atoms with E-state index in [-0.39, 0.29) is 4.90 Å². The van der Waals surface area contributed by atoms with E-state index < -0.39 is 15.6 Å². The summed E-state index contributed by atoms with van der Waals surface area (Å²) in [5.74, 6) is -3.41. The van der Waals surface area contributed by atoms with Crippen molar-refractivity contribution in [1.29, 1.82) is 0 Å². The van der Waals surface area contributed by atoms with E-state index in [4.69, 9.17) is 0 Å². The minimum Gasteiger partial charge on any atom is -0.370 e. The molecule has 124 valence electrons. The number of hydrogen-bond acceptors (Lipinski definition) is 4. The van der Waals surface area contributed by atoms with Crippen molar-refractivity contribution in [3.8, 4) is 0 Å². The van der Waals surface area contributed by atoms with Crippen molar-refractivity contribution >= 4 is 15.5 Å². The van der Waals surface area contributed by atoms with Crippen molar-refractivity contribution in [2.45, 2.75) is 29.5 Å². The topological polar surface area (TPSA) is 55.2 Å². The molecule has 3 rings (SSSR count). The van der Waals surface area contributed by atoms with Crippen LogP contribution < -0.4 is 4.90 Å². The average molecular weight is 341 g/mol. The lowest BCUT2D eigenvalue weighted by Crippen LogP contribution is -2.35. The molecule has 1 aliphatic rings. The maximum absolute atomic E-state index is 12.9. The molecular formula is C15H17F2N3O2S. The van der Waals surface area contributed by atoms with Crippen LogP contribution in [0, 0.1) is 0 Å². The molecule has 5 nitrogen and oxygen atoms in total. The molecule has 2 heterocycles. The van der Waals surface area contributed by atoms with Gasteiger partial charge in [-0.15, -0.1) is 0 Å². The van der Waals surface area contributed by atoms with Crippen molar-refractivity contribution in [1.82, 2.24) is 9.55 Å². The third-order valence-electron chi connectivity index (χ3n) is 4.16. The molecule has 0 N–H and O–H groups in total. The fourth-order valence-corrected chi connectivity index (χ4v) is 3.89. The van der Waals surface area contributed by atoms with Gasteiger partial charge in [0.25, 0.3) is 0 Å². The number of sulfone groups is 1. The summed E-state index contributed by atoms with van der Waals surface area (Å²) in [6.07, 6.45) is 6.99. The van der Waals surface area contributed by atoms with E-state index in [1.54, 1.807) is 24.7 Å². The Balaban J connectivity index is 1.82. The fourth-order valence-electron chi connectivity index (χ4n) is 2.95. The van der Waals surface area contributed by atoms with E-state index in [9.17, 15) is 17.2 Å². The zero-order chi connectivity index (χ0) is 16.4. The third kappa shape index (κ3) is 3.08. The summed E-state index contributed by atoms with van der Waals surface area (Å²) < 4.78 is 51.5. The first-order chi connectivity index (χ1) is 11.0. The Kier molecular flexibility index (Phi) is 4.34. The first-order valence-corrected chi connectivity index (χ1v) is 8.88. The second kappa shape index (κ2) is 6.27.